The van der Waals surface area contributed by atoms with E-state index in [1.807, 2.05) is 30.8 Å². The molecule has 0 aromatic heterocycles. The molecule has 1 aliphatic rings. The van der Waals surface area contributed by atoms with Crippen LogP contribution in [-0.2, 0) is 0 Å². The molecule has 0 atom stereocenters. The Bertz CT molecular complexity index is 337. The first kappa shape index (κ1) is 10.6. The van der Waals surface area contributed by atoms with Gasteiger partial charge in [0.1, 0.15) is 5.75 Å². The summed E-state index contributed by atoms with van der Waals surface area (Å²) < 4.78 is 5.39. The minimum absolute atomic E-state index is 0.722. The third kappa shape index (κ3) is 3.01. The number of thioether (sulfide) groups is 1. The van der Waals surface area contributed by atoms with Gasteiger partial charge in [-0.1, -0.05) is 12.1 Å². The summed E-state index contributed by atoms with van der Waals surface area (Å²) in [6.07, 6.45) is 2.22. The lowest BCUT2D eigenvalue weighted by Gasteiger charge is -2.02. The minimum atomic E-state index is 0.722. The van der Waals surface area contributed by atoms with Gasteiger partial charge in [0.15, 0.2) is 0 Å². The molecule has 1 saturated heterocycles. The molecule has 0 aliphatic carbocycles. The highest BCUT2D eigenvalue weighted by Gasteiger charge is 2.05. The third-order valence-electron chi connectivity index (χ3n) is 2.18. The van der Waals surface area contributed by atoms with Gasteiger partial charge < -0.3 is 10.1 Å². The monoisotopic (exact) mass is 221 g/mol. The van der Waals surface area contributed by atoms with Crippen molar-refractivity contribution in [3.05, 3.63) is 34.7 Å². The first-order valence-electron chi connectivity index (χ1n) is 5.15. The second-order valence-corrected chi connectivity index (χ2v) is 4.43. The zero-order valence-electron chi connectivity index (χ0n) is 8.82. The number of benzene rings is 1. The summed E-state index contributed by atoms with van der Waals surface area (Å²) in [6, 6.07) is 8.22. The molecule has 1 aromatic rings. The second kappa shape index (κ2) is 5.24. The molecule has 15 heavy (non-hydrogen) atoms. The lowest BCUT2D eigenvalue weighted by molar-refractivity contribution is 0.340. The molecule has 0 amide bonds. The molecule has 1 fully saturated rings. The van der Waals surface area contributed by atoms with E-state index in [2.05, 4.69) is 23.5 Å². The lowest BCUT2D eigenvalue weighted by atomic mass is 10.2. The number of hydrogen-bond acceptors (Lipinski definition) is 3. The SMILES string of the molecule is CCOc1ccc(C=C2CNCS2)cc1. The van der Waals surface area contributed by atoms with Gasteiger partial charge in [0, 0.05) is 17.3 Å². The van der Waals surface area contributed by atoms with E-state index < -0.39 is 0 Å². The molecule has 0 unspecified atom stereocenters. The first-order valence-corrected chi connectivity index (χ1v) is 6.14. The van der Waals surface area contributed by atoms with Crippen molar-refractivity contribution in [2.75, 3.05) is 19.0 Å². The Morgan fingerprint density at radius 2 is 2.20 bits per heavy atom. The summed E-state index contributed by atoms with van der Waals surface area (Å²) in [6.45, 7) is 3.72. The standard InChI is InChI=1S/C12H15NOS/c1-2-14-11-5-3-10(4-6-11)7-12-8-13-9-15-12/h3-7,13H,2,8-9H2,1H3. The third-order valence-corrected chi connectivity index (χ3v) is 3.16. The van der Waals surface area contributed by atoms with Crippen molar-refractivity contribution in [3.8, 4) is 5.75 Å². The van der Waals surface area contributed by atoms with Crippen molar-refractivity contribution in [1.82, 2.24) is 5.32 Å². The minimum Gasteiger partial charge on any atom is -0.494 e. The van der Waals surface area contributed by atoms with Crippen molar-refractivity contribution >= 4 is 17.8 Å². The van der Waals surface area contributed by atoms with E-state index in [-0.39, 0.29) is 0 Å². The van der Waals surface area contributed by atoms with Crippen LogP contribution in [0.25, 0.3) is 6.08 Å². The predicted octanol–water partition coefficient (Wildman–Crippen LogP) is 2.72. The number of rotatable bonds is 3. The van der Waals surface area contributed by atoms with Crippen LogP contribution in [0.1, 0.15) is 12.5 Å². The van der Waals surface area contributed by atoms with Crippen molar-refractivity contribution in [3.63, 3.8) is 0 Å². The van der Waals surface area contributed by atoms with Crippen LogP contribution in [0.15, 0.2) is 29.2 Å². The highest BCUT2D eigenvalue weighted by molar-refractivity contribution is 8.03. The van der Waals surface area contributed by atoms with Crippen molar-refractivity contribution in [2.45, 2.75) is 6.92 Å². The normalized spacial score (nSPS) is 18.3. The molecule has 0 bridgehead atoms. The molecule has 1 N–H and O–H groups in total. The molecule has 80 valence electrons. The van der Waals surface area contributed by atoms with E-state index in [1.165, 1.54) is 10.5 Å². The fourth-order valence-electron chi connectivity index (χ4n) is 1.47. The van der Waals surface area contributed by atoms with Gasteiger partial charge in [-0.25, -0.2) is 0 Å². The predicted molar refractivity (Wildman–Crippen MR) is 66.0 cm³/mol. The maximum Gasteiger partial charge on any atom is 0.119 e. The number of ether oxygens (including phenoxy) is 1. The van der Waals surface area contributed by atoms with E-state index in [0.29, 0.717) is 0 Å². The summed E-state index contributed by atoms with van der Waals surface area (Å²) in [4.78, 5) is 1.40. The Kier molecular flexibility index (Phi) is 3.69. The van der Waals surface area contributed by atoms with Gasteiger partial charge in [0.25, 0.3) is 0 Å². The molecule has 2 rings (SSSR count). The zero-order chi connectivity index (χ0) is 10.5. The molecule has 0 spiro atoms. The number of hydrogen-bond donors (Lipinski definition) is 1. The highest BCUT2D eigenvalue weighted by atomic mass is 32.2. The Morgan fingerprint density at radius 1 is 1.40 bits per heavy atom. The van der Waals surface area contributed by atoms with Crippen LogP contribution in [0, 0.1) is 0 Å². The van der Waals surface area contributed by atoms with Gasteiger partial charge in [-0.05, 0) is 30.7 Å². The molecular weight excluding hydrogens is 206 g/mol. The van der Waals surface area contributed by atoms with Gasteiger partial charge in [0.05, 0.1) is 6.61 Å². The summed E-state index contributed by atoms with van der Waals surface area (Å²) in [7, 11) is 0. The Morgan fingerprint density at radius 3 is 2.80 bits per heavy atom. The second-order valence-electron chi connectivity index (χ2n) is 3.33. The molecule has 2 nitrogen and oxygen atoms in total. The summed E-state index contributed by atoms with van der Waals surface area (Å²) in [5.74, 6) is 1.97. The maximum atomic E-state index is 5.39. The van der Waals surface area contributed by atoms with E-state index in [4.69, 9.17) is 4.74 Å². The van der Waals surface area contributed by atoms with Crippen LogP contribution in [-0.4, -0.2) is 19.0 Å². The molecular formula is C12H15NOS. The van der Waals surface area contributed by atoms with Crippen LogP contribution in [0.3, 0.4) is 0 Å². The average molecular weight is 221 g/mol. The quantitative estimate of drug-likeness (QED) is 0.848. The van der Waals surface area contributed by atoms with Gasteiger partial charge in [-0.3, -0.25) is 0 Å². The molecule has 1 aliphatic heterocycles. The van der Waals surface area contributed by atoms with Crippen LogP contribution in [0.2, 0.25) is 0 Å². The van der Waals surface area contributed by atoms with Crippen molar-refractivity contribution in [1.29, 1.82) is 0 Å². The van der Waals surface area contributed by atoms with Crippen molar-refractivity contribution < 1.29 is 4.74 Å². The molecule has 0 saturated carbocycles. The van der Waals surface area contributed by atoms with Crippen LogP contribution >= 0.6 is 11.8 Å². The van der Waals surface area contributed by atoms with Gasteiger partial charge in [0.2, 0.25) is 0 Å². The molecule has 1 aromatic carbocycles. The van der Waals surface area contributed by atoms with Gasteiger partial charge in [-0.2, -0.15) is 0 Å². The summed E-state index contributed by atoms with van der Waals surface area (Å²) >= 11 is 1.87. The smallest absolute Gasteiger partial charge is 0.119 e. The van der Waals surface area contributed by atoms with E-state index in [1.54, 1.807) is 0 Å². The molecule has 1 heterocycles. The lowest BCUT2D eigenvalue weighted by Crippen LogP contribution is -2.04. The topological polar surface area (TPSA) is 21.3 Å². The summed E-state index contributed by atoms with van der Waals surface area (Å²) in [5, 5.41) is 3.29. The van der Waals surface area contributed by atoms with Crippen LogP contribution < -0.4 is 10.1 Å². The van der Waals surface area contributed by atoms with Crippen LogP contribution in [0.5, 0.6) is 5.75 Å². The summed E-state index contributed by atoms with van der Waals surface area (Å²) in [5.41, 5.74) is 1.24. The Labute approximate surface area is 94.7 Å². The maximum absolute atomic E-state index is 5.39. The largest absolute Gasteiger partial charge is 0.494 e. The Hall–Kier alpha value is -0.930. The number of nitrogens with one attached hydrogen (secondary N) is 1. The van der Waals surface area contributed by atoms with Crippen LogP contribution in [0.4, 0.5) is 0 Å². The Balaban J connectivity index is 2.06. The zero-order valence-corrected chi connectivity index (χ0v) is 9.64. The fourth-order valence-corrected chi connectivity index (χ4v) is 2.29. The van der Waals surface area contributed by atoms with Gasteiger partial charge in [-0.15, -0.1) is 11.8 Å². The van der Waals surface area contributed by atoms with E-state index in [9.17, 15) is 0 Å². The first-order chi connectivity index (χ1) is 7.38. The molecule has 3 heteroatoms. The molecule has 0 radical (unpaired) electrons. The van der Waals surface area contributed by atoms with Gasteiger partial charge >= 0.3 is 0 Å². The van der Waals surface area contributed by atoms with E-state index in [0.717, 1.165) is 24.8 Å². The average Bonchev–Trinajstić information content (AvgIpc) is 2.74. The highest BCUT2D eigenvalue weighted by Crippen LogP contribution is 2.23. The van der Waals surface area contributed by atoms with E-state index >= 15 is 0 Å². The fraction of sp³-hybridized carbons (Fsp3) is 0.333. The van der Waals surface area contributed by atoms with Crippen molar-refractivity contribution in [2.24, 2.45) is 0 Å².